The average Bonchev–Trinajstić information content (AvgIpc) is 3.14. The van der Waals surface area contributed by atoms with Crippen molar-refractivity contribution in [3.8, 4) is 0 Å². The zero-order valence-corrected chi connectivity index (χ0v) is 15.5. The van der Waals surface area contributed by atoms with Crippen LogP contribution in [-0.2, 0) is 24.7 Å². The fraction of sp³-hybridized carbons (Fsp3) is 0.455. The van der Waals surface area contributed by atoms with Crippen LogP contribution in [-0.4, -0.2) is 27.7 Å². The lowest BCUT2D eigenvalue weighted by atomic mass is 9.84. The molecule has 0 aromatic carbocycles. The predicted octanol–water partition coefficient (Wildman–Crippen LogP) is 2.41. The van der Waals surface area contributed by atoms with Gasteiger partial charge in [-0.3, -0.25) is 4.79 Å². The minimum atomic E-state index is -0.0779. The Kier molecular flexibility index (Phi) is 3.40. The van der Waals surface area contributed by atoms with E-state index in [2.05, 4.69) is 21.3 Å². The average molecular weight is 348 g/mol. The second-order valence-electron chi connectivity index (χ2n) is 7.94. The second kappa shape index (κ2) is 5.57. The van der Waals surface area contributed by atoms with Crippen LogP contribution in [0.2, 0.25) is 0 Å². The van der Waals surface area contributed by atoms with Crippen LogP contribution in [0.1, 0.15) is 55.5 Å². The van der Waals surface area contributed by atoms with Crippen molar-refractivity contribution in [1.29, 1.82) is 0 Å². The SMILES string of the molecule is Cn1c(C2=C([O-])/C(=C3\C=C4CCCCC4=[N+]3C)C2=O)cc2c1CCCC2. The standard InChI is InChI=1S/C22H24N2O2/c1-23-15-9-5-3-7-13(15)11-17(23)19-21(25)20(22(19)26)18-12-14-8-4-6-10-16(14)24(18)2/h11-12H,3-10H2,1-2H3. The van der Waals surface area contributed by atoms with E-state index in [1.165, 1.54) is 48.2 Å². The summed E-state index contributed by atoms with van der Waals surface area (Å²) < 4.78 is 4.15. The summed E-state index contributed by atoms with van der Waals surface area (Å²) in [5.74, 6) is -0.156. The summed E-state index contributed by atoms with van der Waals surface area (Å²) in [4.78, 5) is 13.0. The van der Waals surface area contributed by atoms with E-state index in [-0.39, 0.29) is 11.5 Å². The highest BCUT2D eigenvalue weighted by molar-refractivity contribution is 6.38. The Bertz CT molecular complexity index is 982. The smallest absolute Gasteiger partial charge is 0.216 e. The molecule has 0 spiro atoms. The number of aromatic nitrogens is 1. The zero-order valence-electron chi connectivity index (χ0n) is 15.5. The molecular formula is C22H24N2O2. The van der Waals surface area contributed by atoms with Crippen LogP contribution >= 0.6 is 0 Å². The molecule has 4 aliphatic rings. The van der Waals surface area contributed by atoms with Gasteiger partial charge in [0, 0.05) is 36.4 Å². The van der Waals surface area contributed by atoms with Crippen LogP contribution < -0.4 is 5.11 Å². The Labute approximate surface area is 153 Å². The number of aryl methyl sites for hydroxylation is 1. The van der Waals surface area contributed by atoms with E-state index in [0.717, 1.165) is 37.1 Å². The van der Waals surface area contributed by atoms with E-state index < -0.39 is 0 Å². The lowest BCUT2D eigenvalue weighted by molar-refractivity contribution is -0.437. The first kappa shape index (κ1) is 15.9. The molecule has 4 heteroatoms. The van der Waals surface area contributed by atoms with E-state index in [4.69, 9.17) is 0 Å². The van der Waals surface area contributed by atoms with Gasteiger partial charge in [-0.2, -0.15) is 4.58 Å². The summed E-state index contributed by atoms with van der Waals surface area (Å²) >= 11 is 0. The molecule has 0 atom stereocenters. The molecule has 3 aliphatic carbocycles. The Balaban J connectivity index is 1.61. The highest BCUT2D eigenvalue weighted by Gasteiger charge is 2.40. The number of ketones is 1. The number of rotatable bonds is 1. The summed E-state index contributed by atoms with van der Waals surface area (Å²) in [7, 11) is 3.98. The molecule has 0 saturated heterocycles. The van der Waals surface area contributed by atoms with Crippen molar-refractivity contribution in [3.05, 3.63) is 51.7 Å². The van der Waals surface area contributed by atoms with Crippen LogP contribution in [0.25, 0.3) is 5.57 Å². The van der Waals surface area contributed by atoms with Crippen molar-refractivity contribution in [3.63, 3.8) is 0 Å². The first-order valence-corrected chi connectivity index (χ1v) is 9.77. The van der Waals surface area contributed by atoms with Crippen molar-refractivity contribution in [1.82, 2.24) is 4.57 Å². The van der Waals surface area contributed by atoms with E-state index in [0.29, 0.717) is 11.1 Å². The Morgan fingerprint density at radius 3 is 2.50 bits per heavy atom. The summed E-state index contributed by atoms with van der Waals surface area (Å²) in [6.07, 6.45) is 11.0. The molecule has 134 valence electrons. The number of allylic oxidation sites excluding steroid dienone is 4. The topological polar surface area (TPSA) is 48.1 Å². The minimum Gasteiger partial charge on any atom is -0.871 e. The third kappa shape index (κ3) is 2.01. The van der Waals surface area contributed by atoms with Crippen LogP contribution in [0.4, 0.5) is 0 Å². The number of nitrogens with zero attached hydrogens (tertiary/aromatic N) is 2. The first-order chi connectivity index (χ1) is 12.6. The van der Waals surface area contributed by atoms with Gasteiger partial charge < -0.3 is 9.67 Å². The van der Waals surface area contributed by atoms with Crippen LogP contribution in [0.15, 0.2) is 34.7 Å². The largest absolute Gasteiger partial charge is 0.871 e. The quantitative estimate of drug-likeness (QED) is 0.578. The molecule has 0 N–H and O–H groups in total. The van der Waals surface area contributed by atoms with Crippen LogP contribution in [0, 0.1) is 0 Å². The Morgan fingerprint density at radius 1 is 1.04 bits per heavy atom. The van der Waals surface area contributed by atoms with Gasteiger partial charge in [0.15, 0.2) is 5.71 Å². The van der Waals surface area contributed by atoms with Gasteiger partial charge in [0.1, 0.15) is 7.05 Å². The lowest BCUT2D eigenvalue weighted by Crippen LogP contribution is -2.32. The van der Waals surface area contributed by atoms with Gasteiger partial charge >= 0.3 is 0 Å². The molecule has 5 rings (SSSR count). The van der Waals surface area contributed by atoms with E-state index in [1.54, 1.807) is 0 Å². The maximum atomic E-state index is 13.0. The van der Waals surface area contributed by atoms with Crippen molar-refractivity contribution in [2.24, 2.45) is 7.05 Å². The maximum absolute atomic E-state index is 13.0. The fourth-order valence-electron chi connectivity index (χ4n) is 5.06. The van der Waals surface area contributed by atoms with E-state index in [1.807, 2.05) is 14.1 Å². The van der Waals surface area contributed by atoms with E-state index >= 15 is 0 Å². The molecule has 26 heavy (non-hydrogen) atoms. The van der Waals surface area contributed by atoms with Crippen molar-refractivity contribution in [2.75, 3.05) is 7.05 Å². The van der Waals surface area contributed by atoms with Gasteiger partial charge in [-0.05, 0) is 56.6 Å². The van der Waals surface area contributed by atoms with Crippen molar-refractivity contribution >= 4 is 17.1 Å². The van der Waals surface area contributed by atoms with Gasteiger partial charge in [-0.15, -0.1) is 0 Å². The summed E-state index contributed by atoms with van der Waals surface area (Å²) in [6, 6.07) is 2.08. The summed E-state index contributed by atoms with van der Waals surface area (Å²) in [6.45, 7) is 0. The molecule has 0 bridgehead atoms. The molecule has 4 nitrogen and oxygen atoms in total. The first-order valence-electron chi connectivity index (χ1n) is 9.77. The molecule has 1 aliphatic heterocycles. The number of Topliss-reactive ketones (excluding diaryl/α,β-unsaturated/α-hetero) is 1. The lowest BCUT2D eigenvalue weighted by Gasteiger charge is -2.30. The molecule has 2 heterocycles. The number of carbonyl (C=O) groups excluding carboxylic acids is 1. The number of hydrogen-bond donors (Lipinski definition) is 0. The normalized spacial score (nSPS) is 25.3. The van der Waals surface area contributed by atoms with Gasteiger partial charge in [0.25, 0.3) is 0 Å². The van der Waals surface area contributed by atoms with Crippen molar-refractivity contribution in [2.45, 2.75) is 51.4 Å². The second-order valence-corrected chi connectivity index (χ2v) is 7.94. The fourth-order valence-corrected chi connectivity index (χ4v) is 5.06. The predicted molar refractivity (Wildman–Crippen MR) is 98.8 cm³/mol. The van der Waals surface area contributed by atoms with Crippen molar-refractivity contribution < 1.29 is 14.5 Å². The summed E-state index contributed by atoms with van der Waals surface area (Å²) in [5.41, 5.74) is 7.61. The molecule has 1 saturated carbocycles. The molecule has 0 unspecified atom stereocenters. The van der Waals surface area contributed by atoms with E-state index in [9.17, 15) is 9.90 Å². The van der Waals surface area contributed by atoms with Gasteiger partial charge in [-0.25, -0.2) is 0 Å². The number of likely N-dealkylation sites (N-methyl/N-ethyl adjacent to an activating group) is 1. The molecular weight excluding hydrogens is 324 g/mol. The molecule has 1 aromatic rings. The van der Waals surface area contributed by atoms with Gasteiger partial charge in [0.2, 0.25) is 11.5 Å². The minimum absolute atomic E-state index is 0.0779. The highest BCUT2D eigenvalue weighted by Crippen LogP contribution is 2.41. The molecule has 1 aromatic heterocycles. The molecule has 1 fully saturated rings. The van der Waals surface area contributed by atoms with Crippen LogP contribution in [0.3, 0.4) is 0 Å². The summed E-state index contributed by atoms with van der Waals surface area (Å²) in [5, 5.41) is 13.0. The van der Waals surface area contributed by atoms with Crippen LogP contribution in [0.5, 0.6) is 0 Å². The van der Waals surface area contributed by atoms with Gasteiger partial charge in [0.05, 0.1) is 11.3 Å². The molecule has 0 radical (unpaired) electrons. The third-order valence-electron chi connectivity index (χ3n) is 6.54. The number of fused-ring (bicyclic) bond motifs is 2. The molecule has 0 amide bonds. The highest BCUT2D eigenvalue weighted by atomic mass is 16.3. The zero-order chi connectivity index (χ0) is 18.0. The Hall–Kier alpha value is -2.36. The van der Waals surface area contributed by atoms with Gasteiger partial charge in [-0.1, -0.05) is 5.76 Å². The maximum Gasteiger partial charge on any atom is 0.216 e. The number of hydrogen-bond acceptors (Lipinski definition) is 2. The Morgan fingerprint density at radius 2 is 1.77 bits per heavy atom. The third-order valence-corrected chi connectivity index (χ3v) is 6.54. The monoisotopic (exact) mass is 348 g/mol. The number of carbonyl (C=O) groups is 1.